The van der Waals surface area contributed by atoms with Crippen LogP contribution in [0.2, 0.25) is 0 Å². The Hall–Kier alpha value is -3.78. The highest BCUT2D eigenvalue weighted by atomic mass is 32.1. The molecule has 1 amide bonds. The fourth-order valence-corrected chi connectivity index (χ4v) is 5.71. The van der Waals surface area contributed by atoms with Crippen molar-refractivity contribution in [3.63, 3.8) is 0 Å². The van der Waals surface area contributed by atoms with Crippen molar-refractivity contribution < 1.29 is 23.9 Å². The van der Waals surface area contributed by atoms with Crippen LogP contribution in [0.15, 0.2) is 77.3 Å². The first-order chi connectivity index (χ1) is 16.9. The molecule has 0 bridgehead atoms. The van der Waals surface area contributed by atoms with Gasteiger partial charge in [0.2, 0.25) is 5.91 Å². The van der Waals surface area contributed by atoms with E-state index in [1.807, 2.05) is 41.8 Å². The second kappa shape index (κ2) is 9.46. The topological polar surface area (TPSA) is 86.7 Å². The Morgan fingerprint density at radius 1 is 1.03 bits per heavy atom. The number of halogens is 1. The van der Waals surface area contributed by atoms with Crippen LogP contribution in [0.5, 0.6) is 0 Å². The van der Waals surface area contributed by atoms with Gasteiger partial charge in [-0.05, 0) is 53.6 Å². The number of carbonyl (C=O) groups is 3. The lowest BCUT2D eigenvalue weighted by Gasteiger charge is -2.34. The average Bonchev–Trinajstić information content (AvgIpc) is 3.32. The Bertz CT molecular complexity index is 1320. The summed E-state index contributed by atoms with van der Waals surface area (Å²) in [6, 6.07) is 16.6. The lowest BCUT2D eigenvalue weighted by atomic mass is 9.79. The molecule has 0 radical (unpaired) electrons. The summed E-state index contributed by atoms with van der Waals surface area (Å²) in [5, 5.41) is 14.5. The molecule has 1 aliphatic carbocycles. The molecule has 2 N–H and O–H groups in total. The van der Waals surface area contributed by atoms with Crippen LogP contribution in [0.1, 0.15) is 48.1 Å². The second-order valence-corrected chi connectivity index (χ2v) is 9.67. The third-order valence-electron chi connectivity index (χ3n) is 6.46. The molecule has 6 nitrogen and oxygen atoms in total. The maximum Gasteiger partial charge on any atom is 0.303 e. The number of allylic oxidation sites excluding steroid dienone is 1. The van der Waals surface area contributed by atoms with Gasteiger partial charge in [0.15, 0.2) is 5.78 Å². The van der Waals surface area contributed by atoms with Crippen LogP contribution >= 0.6 is 11.3 Å². The highest BCUT2D eigenvalue weighted by Crippen LogP contribution is 2.48. The standard InChI is InChI=1S/C27H23FN2O4S/c28-18-9-7-16(8-10-18)17-14-20-26(22(31)15-17)27(23-6-3-13-35-23)30(24(32)11-12-25(33)34)21-5-2-1-4-19(21)29-20/h1-10,13,17,27,29H,11-12,14-15H2,(H,33,34)/t17-,27-/m0/s1. The van der Waals surface area contributed by atoms with Crippen molar-refractivity contribution in [3.05, 3.63) is 93.6 Å². The van der Waals surface area contributed by atoms with Crippen LogP contribution in [0.25, 0.3) is 0 Å². The number of hydrogen-bond donors (Lipinski definition) is 2. The molecule has 3 aromatic rings. The molecule has 0 spiro atoms. The van der Waals surface area contributed by atoms with Gasteiger partial charge in [0.25, 0.3) is 0 Å². The first-order valence-electron chi connectivity index (χ1n) is 11.4. The highest BCUT2D eigenvalue weighted by Gasteiger charge is 2.41. The molecule has 178 valence electrons. The van der Waals surface area contributed by atoms with Crippen LogP contribution in [0, 0.1) is 5.82 Å². The number of nitrogens with one attached hydrogen (secondary N) is 1. The van der Waals surface area contributed by atoms with Crippen molar-refractivity contribution >= 4 is 40.4 Å². The van der Waals surface area contributed by atoms with E-state index in [1.165, 1.54) is 23.5 Å². The van der Waals surface area contributed by atoms with E-state index in [0.717, 1.165) is 16.1 Å². The van der Waals surface area contributed by atoms with Gasteiger partial charge >= 0.3 is 5.97 Å². The third-order valence-corrected chi connectivity index (χ3v) is 7.39. The van der Waals surface area contributed by atoms with Crippen LogP contribution < -0.4 is 10.2 Å². The summed E-state index contributed by atoms with van der Waals surface area (Å²) in [7, 11) is 0. The largest absolute Gasteiger partial charge is 0.481 e. The number of carboxylic acid groups (broad SMARTS) is 1. The van der Waals surface area contributed by atoms with Gasteiger partial charge < -0.3 is 10.4 Å². The fourth-order valence-electron chi connectivity index (χ4n) is 4.89. The first kappa shape index (κ1) is 23.0. The quantitative estimate of drug-likeness (QED) is 0.483. The zero-order valence-corrected chi connectivity index (χ0v) is 19.6. The number of amides is 1. The molecule has 2 atom stereocenters. The number of nitrogens with zero attached hydrogens (tertiary/aromatic N) is 1. The fraction of sp³-hybridized carbons (Fsp3) is 0.222. The lowest BCUT2D eigenvalue weighted by Crippen LogP contribution is -2.38. The number of anilines is 2. The van der Waals surface area contributed by atoms with Crippen molar-refractivity contribution in [3.8, 4) is 0 Å². The highest BCUT2D eigenvalue weighted by molar-refractivity contribution is 7.10. The third kappa shape index (κ3) is 4.49. The predicted molar refractivity (Wildman–Crippen MR) is 132 cm³/mol. The van der Waals surface area contributed by atoms with Crippen molar-refractivity contribution in [2.75, 3.05) is 10.2 Å². The van der Waals surface area contributed by atoms with E-state index in [0.29, 0.717) is 23.4 Å². The Kier molecular flexibility index (Phi) is 6.21. The molecular formula is C27H23FN2O4S. The number of carbonyl (C=O) groups excluding carboxylic acids is 2. The number of rotatable bonds is 5. The van der Waals surface area contributed by atoms with E-state index < -0.39 is 12.0 Å². The van der Waals surface area contributed by atoms with Gasteiger partial charge in [0, 0.05) is 29.0 Å². The molecule has 2 aromatic carbocycles. The maximum atomic E-state index is 13.7. The summed E-state index contributed by atoms with van der Waals surface area (Å²) in [4.78, 5) is 40.8. The van der Waals surface area contributed by atoms with E-state index >= 15 is 0 Å². The van der Waals surface area contributed by atoms with E-state index in [-0.39, 0.29) is 42.7 Å². The smallest absolute Gasteiger partial charge is 0.303 e. The number of Topliss-reactive ketones (excluding diaryl/α,β-unsaturated/α-hetero) is 1. The number of carboxylic acids is 1. The van der Waals surface area contributed by atoms with E-state index in [4.69, 9.17) is 0 Å². The summed E-state index contributed by atoms with van der Waals surface area (Å²) < 4.78 is 13.5. The minimum absolute atomic E-state index is 0.0877. The van der Waals surface area contributed by atoms with E-state index in [9.17, 15) is 23.9 Å². The molecule has 2 aliphatic rings. The Morgan fingerprint density at radius 3 is 2.51 bits per heavy atom. The summed E-state index contributed by atoms with van der Waals surface area (Å²) in [5.74, 6) is -1.95. The number of para-hydroxylation sites is 2. The normalized spacial score (nSPS) is 19.5. The van der Waals surface area contributed by atoms with Crippen LogP contribution in [0.4, 0.5) is 15.8 Å². The van der Waals surface area contributed by atoms with Gasteiger partial charge in [-0.1, -0.05) is 30.3 Å². The molecular weight excluding hydrogens is 467 g/mol. The monoisotopic (exact) mass is 490 g/mol. The van der Waals surface area contributed by atoms with Crippen molar-refractivity contribution in [2.45, 2.75) is 37.6 Å². The number of aliphatic carboxylic acids is 1. The van der Waals surface area contributed by atoms with Gasteiger partial charge in [-0.15, -0.1) is 11.3 Å². The van der Waals surface area contributed by atoms with E-state index in [1.54, 1.807) is 17.0 Å². The van der Waals surface area contributed by atoms with Gasteiger partial charge in [-0.3, -0.25) is 19.3 Å². The van der Waals surface area contributed by atoms with Gasteiger partial charge in [-0.2, -0.15) is 0 Å². The van der Waals surface area contributed by atoms with Crippen molar-refractivity contribution in [1.29, 1.82) is 0 Å². The summed E-state index contributed by atoms with van der Waals surface area (Å²) in [5.41, 5.74) is 3.41. The van der Waals surface area contributed by atoms with Gasteiger partial charge in [0.1, 0.15) is 11.9 Å². The predicted octanol–water partition coefficient (Wildman–Crippen LogP) is 5.65. The number of benzene rings is 2. The molecule has 0 unspecified atom stereocenters. The Labute approximate surface area is 205 Å². The molecule has 8 heteroatoms. The van der Waals surface area contributed by atoms with Crippen molar-refractivity contribution in [2.24, 2.45) is 0 Å². The Balaban J connectivity index is 1.64. The number of fused-ring (bicyclic) bond motifs is 1. The van der Waals surface area contributed by atoms with E-state index in [2.05, 4.69) is 5.32 Å². The number of ketones is 1. The Morgan fingerprint density at radius 2 is 1.80 bits per heavy atom. The first-order valence-corrected chi connectivity index (χ1v) is 12.3. The zero-order valence-electron chi connectivity index (χ0n) is 18.7. The maximum absolute atomic E-state index is 13.7. The summed E-state index contributed by atoms with van der Waals surface area (Å²) in [6.45, 7) is 0. The van der Waals surface area contributed by atoms with Crippen molar-refractivity contribution in [1.82, 2.24) is 0 Å². The van der Waals surface area contributed by atoms with Crippen LogP contribution in [0.3, 0.4) is 0 Å². The molecule has 1 aliphatic heterocycles. The minimum atomic E-state index is -1.05. The van der Waals surface area contributed by atoms with Gasteiger partial charge in [-0.25, -0.2) is 4.39 Å². The molecule has 1 aromatic heterocycles. The number of thiophene rings is 1. The molecule has 0 saturated heterocycles. The minimum Gasteiger partial charge on any atom is -0.481 e. The summed E-state index contributed by atoms with van der Waals surface area (Å²) >= 11 is 1.45. The lowest BCUT2D eigenvalue weighted by molar-refractivity contribution is -0.138. The molecule has 0 fully saturated rings. The molecule has 35 heavy (non-hydrogen) atoms. The van der Waals surface area contributed by atoms with Crippen LogP contribution in [-0.2, 0) is 14.4 Å². The molecule has 0 saturated carbocycles. The second-order valence-electron chi connectivity index (χ2n) is 8.69. The summed E-state index contributed by atoms with van der Waals surface area (Å²) in [6.07, 6.45) is 0.288. The number of hydrogen-bond acceptors (Lipinski definition) is 5. The van der Waals surface area contributed by atoms with Gasteiger partial charge in [0.05, 0.1) is 17.8 Å². The van der Waals surface area contributed by atoms with Crippen LogP contribution in [-0.4, -0.2) is 22.8 Å². The average molecular weight is 491 g/mol. The molecule has 5 rings (SSSR count). The zero-order chi connectivity index (χ0) is 24.5. The SMILES string of the molecule is O=C(O)CCC(=O)N1c2ccccc2NC2=C(C(=O)C[C@@H](c3ccc(F)cc3)C2)[C@@H]1c1cccs1. The molecule has 2 heterocycles.